The van der Waals surface area contributed by atoms with E-state index in [9.17, 15) is 9.59 Å². The molecule has 1 aromatic carbocycles. The lowest BCUT2D eigenvalue weighted by Gasteiger charge is -2.12. The van der Waals surface area contributed by atoms with E-state index >= 15 is 0 Å². The molecule has 4 aromatic rings. The Morgan fingerprint density at radius 3 is 2.47 bits per heavy atom. The van der Waals surface area contributed by atoms with Crippen molar-refractivity contribution in [2.24, 2.45) is 0 Å². The standard InChI is InChI=1S/C22H24N6O2/c1-4-15(2)23-18(29)14-27-22(30)19-20(16(3)24-27)25-28(17-10-6-5-7-11-17)21(19)26-12-8-9-13-26/h5-13,15H,4,14H2,1-3H3,(H,23,29)/t15-/m1/s1. The third-order valence-corrected chi connectivity index (χ3v) is 5.09. The molecule has 1 N–H and O–H groups in total. The highest BCUT2D eigenvalue weighted by atomic mass is 16.2. The highest BCUT2D eigenvalue weighted by Gasteiger charge is 2.22. The number of para-hydroxylation sites is 1. The molecule has 0 saturated carbocycles. The fourth-order valence-electron chi connectivity index (χ4n) is 3.39. The summed E-state index contributed by atoms with van der Waals surface area (Å²) >= 11 is 0. The number of aromatic nitrogens is 5. The van der Waals surface area contributed by atoms with Crippen LogP contribution in [0.15, 0.2) is 59.7 Å². The zero-order valence-electron chi connectivity index (χ0n) is 17.2. The van der Waals surface area contributed by atoms with Crippen LogP contribution in [0.2, 0.25) is 0 Å². The molecule has 1 atom stereocenters. The second kappa shape index (κ2) is 7.98. The van der Waals surface area contributed by atoms with E-state index < -0.39 is 0 Å². The smallest absolute Gasteiger partial charge is 0.280 e. The Hall–Kier alpha value is -3.68. The number of rotatable bonds is 6. The Kier molecular flexibility index (Phi) is 5.22. The van der Waals surface area contributed by atoms with Crippen molar-refractivity contribution in [2.45, 2.75) is 39.8 Å². The van der Waals surface area contributed by atoms with Gasteiger partial charge < -0.3 is 9.88 Å². The van der Waals surface area contributed by atoms with Crippen molar-refractivity contribution in [1.82, 2.24) is 29.4 Å². The summed E-state index contributed by atoms with van der Waals surface area (Å²) in [5, 5.41) is 12.4. The van der Waals surface area contributed by atoms with E-state index in [1.807, 2.05) is 73.3 Å². The maximum absolute atomic E-state index is 13.4. The molecule has 1 amide bonds. The molecule has 0 aliphatic carbocycles. The second-order valence-electron chi connectivity index (χ2n) is 7.31. The minimum atomic E-state index is -0.346. The van der Waals surface area contributed by atoms with Gasteiger partial charge in [-0.15, -0.1) is 0 Å². The average Bonchev–Trinajstić information content (AvgIpc) is 3.40. The third-order valence-electron chi connectivity index (χ3n) is 5.09. The lowest BCUT2D eigenvalue weighted by molar-refractivity contribution is -0.122. The van der Waals surface area contributed by atoms with Crippen LogP contribution in [-0.2, 0) is 11.3 Å². The van der Waals surface area contributed by atoms with Gasteiger partial charge in [-0.3, -0.25) is 9.59 Å². The first-order valence-corrected chi connectivity index (χ1v) is 9.98. The maximum Gasteiger partial charge on any atom is 0.280 e. The molecule has 3 heterocycles. The number of hydrogen-bond donors (Lipinski definition) is 1. The highest BCUT2D eigenvalue weighted by Crippen LogP contribution is 2.24. The van der Waals surface area contributed by atoms with Gasteiger partial charge in [0.05, 0.1) is 11.4 Å². The lowest BCUT2D eigenvalue weighted by atomic mass is 10.2. The topological polar surface area (TPSA) is 86.7 Å². The summed E-state index contributed by atoms with van der Waals surface area (Å²) in [7, 11) is 0. The van der Waals surface area contributed by atoms with Crippen LogP contribution in [0.5, 0.6) is 0 Å². The Labute approximate surface area is 173 Å². The van der Waals surface area contributed by atoms with Crippen LogP contribution in [0.25, 0.3) is 22.4 Å². The molecule has 0 fully saturated rings. The second-order valence-corrected chi connectivity index (χ2v) is 7.31. The van der Waals surface area contributed by atoms with Crippen LogP contribution in [0, 0.1) is 6.92 Å². The van der Waals surface area contributed by atoms with Crippen LogP contribution in [0.3, 0.4) is 0 Å². The molecule has 0 spiro atoms. The van der Waals surface area contributed by atoms with Crippen molar-refractivity contribution in [3.05, 3.63) is 70.9 Å². The first-order chi connectivity index (χ1) is 14.5. The first kappa shape index (κ1) is 19.6. The quantitative estimate of drug-likeness (QED) is 0.535. The normalized spacial score (nSPS) is 12.2. The van der Waals surface area contributed by atoms with E-state index in [1.165, 1.54) is 4.68 Å². The van der Waals surface area contributed by atoms with Gasteiger partial charge in [-0.25, -0.2) is 9.36 Å². The van der Waals surface area contributed by atoms with E-state index in [1.54, 1.807) is 11.6 Å². The number of nitrogens with zero attached hydrogens (tertiary/aromatic N) is 5. The maximum atomic E-state index is 13.4. The molecular weight excluding hydrogens is 380 g/mol. The summed E-state index contributed by atoms with van der Waals surface area (Å²) in [6, 6.07) is 13.4. The number of amides is 1. The number of carbonyl (C=O) groups is 1. The van der Waals surface area contributed by atoms with E-state index in [2.05, 4.69) is 10.4 Å². The monoisotopic (exact) mass is 404 g/mol. The summed E-state index contributed by atoms with van der Waals surface area (Å²) < 4.78 is 4.82. The van der Waals surface area contributed by atoms with Crippen molar-refractivity contribution in [3.8, 4) is 11.5 Å². The van der Waals surface area contributed by atoms with Crippen LogP contribution >= 0.6 is 0 Å². The van der Waals surface area contributed by atoms with Crippen molar-refractivity contribution < 1.29 is 4.79 Å². The zero-order valence-corrected chi connectivity index (χ0v) is 17.2. The van der Waals surface area contributed by atoms with E-state index in [0.717, 1.165) is 12.1 Å². The third kappa shape index (κ3) is 3.52. The molecule has 154 valence electrons. The molecule has 0 unspecified atom stereocenters. The number of carbonyl (C=O) groups excluding carboxylic acids is 1. The van der Waals surface area contributed by atoms with Crippen LogP contribution < -0.4 is 10.9 Å². The minimum Gasteiger partial charge on any atom is -0.352 e. The summed E-state index contributed by atoms with van der Waals surface area (Å²) in [4.78, 5) is 25.8. The lowest BCUT2D eigenvalue weighted by Crippen LogP contribution is -2.38. The molecule has 0 radical (unpaired) electrons. The molecule has 8 heteroatoms. The Bertz CT molecular complexity index is 1240. The zero-order chi connectivity index (χ0) is 21.3. The van der Waals surface area contributed by atoms with Crippen molar-refractivity contribution in [1.29, 1.82) is 0 Å². The molecule has 0 saturated heterocycles. The van der Waals surface area contributed by atoms with Gasteiger partial charge in [-0.2, -0.15) is 10.2 Å². The average molecular weight is 404 g/mol. The number of benzene rings is 1. The fraction of sp³-hybridized carbons (Fsp3) is 0.273. The molecule has 0 bridgehead atoms. The number of hydrogen-bond acceptors (Lipinski definition) is 4. The predicted molar refractivity (Wildman–Crippen MR) is 115 cm³/mol. The van der Waals surface area contributed by atoms with Gasteiger partial charge >= 0.3 is 0 Å². The first-order valence-electron chi connectivity index (χ1n) is 9.98. The molecular formula is C22H24N6O2. The Morgan fingerprint density at radius 2 is 1.80 bits per heavy atom. The largest absolute Gasteiger partial charge is 0.352 e. The van der Waals surface area contributed by atoms with Gasteiger partial charge in [0.15, 0.2) is 5.82 Å². The van der Waals surface area contributed by atoms with Crippen LogP contribution in [-0.4, -0.2) is 36.1 Å². The van der Waals surface area contributed by atoms with E-state index in [-0.39, 0.29) is 24.1 Å². The van der Waals surface area contributed by atoms with E-state index in [0.29, 0.717) is 22.4 Å². The molecule has 30 heavy (non-hydrogen) atoms. The fourth-order valence-corrected chi connectivity index (χ4v) is 3.39. The Balaban J connectivity index is 1.92. The van der Waals surface area contributed by atoms with Crippen LogP contribution in [0.1, 0.15) is 26.0 Å². The van der Waals surface area contributed by atoms with Gasteiger partial charge in [-0.1, -0.05) is 25.1 Å². The highest BCUT2D eigenvalue weighted by molar-refractivity contribution is 5.88. The number of aryl methyl sites for hydroxylation is 1. The van der Waals surface area contributed by atoms with Crippen molar-refractivity contribution in [3.63, 3.8) is 0 Å². The molecule has 3 aromatic heterocycles. The van der Waals surface area contributed by atoms with Crippen molar-refractivity contribution >= 4 is 16.8 Å². The van der Waals surface area contributed by atoms with Gasteiger partial charge in [0.2, 0.25) is 5.91 Å². The molecule has 4 rings (SSSR count). The molecule has 0 aliphatic rings. The van der Waals surface area contributed by atoms with E-state index in [4.69, 9.17) is 5.10 Å². The molecule has 0 aliphatic heterocycles. The van der Waals surface area contributed by atoms with Gasteiger partial charge in [0, 0.05) is 18.4 Å². The Morgan fingerprint density at radius 1 is 1.10 bits per heavy atom. The van der Waals surface area contributed by atoms with Gasteiger partial charge in [-0.05, 0) is 44.5 Å². The summed E-state index contributed by atoms with van der Waals surface area (Å²) in [6.07, 6.45) is 4.55. The van der Waals surface area contributed by atoms with Gasteiger partial charge in [0.25, 0.3) is 5.56 Å². The van der Waals surface area contributed by atoms with Crippen molar-refractivity contribution in [2.75, 3.05) is 0 Å². The summed E-state index contributed by atoms with van der Waals surface area (Å²) in [5.74, 6) is 0.378. The number of fused-ring (bicyclic) bond motifs is 1. The molecule has 8 nitrogen and oxygen atoms in total. The SMILES string of the molecule is CC[C@@H](C)NC(=O)Cn1nc(C)c2nn(-c3ccccc3)c(-n3cccc3)c2c1=O. The summed E-state index contributed by atoms with van der Waals surface area (Å²) in [5.41, 5.74) is 1.59. The van der Waals surface area contributed by atoms with Crippen LogP contribution in [0.4, 0.5) is 0 Å². The minimum absolute atomic E-state index is 0.0364. The number of nitrogens with one attached hydrogen (secondary N) is 1. The van der Waals surface area contributed by atoms with Gasteiger partial charge in [0.1, 0.15) is 17.4 Å². The summed E-state index contributed by atoms with van der Waals surface area (Å²) in [6.45, 7) is 5.58. The predicted octanol–water partition coefficient (Wildman–Crippen LogP) is 2.60.